The Hall–Kier alpha value is -4.26. The minimum absolute atomic E-state index is 0.0788. The Morgan fingerprint density at radius 3 is 2.31 bits per heavy atom. The average Bonchev–Trinajstić information content (AvgIpc) is 3.38. The van der Waals surface area contributed by atoms with Crippen molar-refractivity contribution in [3.05, 3.63) is 95.7 Å². The molecule has 2 heterocycles. The molecule has 1 aliphatic heterocycles. The Labute approximate surface area is 247 Å². The van der Waals surface area contributed by atoms with E-state index in [1.54, 1.807) is 19.1 Å². The average molecular weight is 566 g/mol. The Bertz CT molecular complexity index is 1570. The van der Waals surface area contributed by atoms with Crippen LogP contribution in [0.1, 0.15) is 66.6 Å². The van der Waals surface area contributed by atoms with Crippen LogP contribution < -0.4 is 14.8 Å². The SMILES string of the molecule is COc1cccc(CN2C(=O)c3cc4ccc(OC)cc4n3CC2(C(=O)NC2CCCCCCC2)c2ccccc2)c1. The first-order chi connectivity index (χ1) is 20.5. The van der Waals surface area contributed by atoms with Crippen molar-refractivity contribution >= 4 is 22.7 Å². The summed E-state index contributed by atoms with van der Waals surface area (Å²) in [6.07, 6.45) is 7.74. The first-order valence-corrected chi connectivity index (χ1v) is 15.0. The molecule has 1 atom stereocenters. The summed E-state index contributed by atoms with van der Waals surface area (Å²) in [6.45, 7) is 0.547. The van der Waals surface area contributed by atoms with Gasteiger partial charge in [0.05, 0.1) is 26.3 Å². The lowest BCUT2D eigenvalue weighted by molar-refractivity contribution is -0.136. The zero-order valence-corrected chi connectivity index (χ0v) is 24.5. The molecule has 2 amide bonds. The first-order valence-electron chi connectivity index (χ1n) is 15.0. The van der Waals surface area contributed by atoms with Gasteiger partial charge in [0.15, 0.2) is 5.54 Å². The summed E-state index contributed by atoms with van der Waals surface area (Å²) in [5, 5.41) is 4.39. The number of fused-ring (bicyclic) bond motifs is 3. The molecule has 6 rings (SSSR count). The number of nitrogens with zero attached hydrogens (tertiary/aromatic N) is 2. The molecular formula is C35H39N3O4. The lowest BCUT2D eigenvalue weighted by Crippen LogP contribution is -2.64. The molecule has 3 aromatic carbocycles. The molecule has 0 bridgehead atoms. The fraction of sp³-hybridized carbons (Fsp3) is 0.371. The third-order valence-electron chi connectivity index (χ3n) is 8.97. The second kappa shape index (κ2) is 11.9. The lowest BCUT2D eigenvalue weighted by Gasteiger charge is -2.47. The molecule has 1 fully saturated rings. The molecule has 218 valence electrons. The molecule has 0 saturated heterocycles. The molecule has 42 heavy (non-hydrogen) atoms. The van der Waals surface area contributed by atoms with Gasteiger partial charge in [-0.2, -0.15) is 0 Å². The highest BCUT2D eigenvalue weighted by Crippen LogP contribution is 2.41. The number of ether oxygens (including phenoxy) is 2. The van der Waals surface area contributed by atoms with Crippen LogP contribution in [0.3, 0.4) is 0 Å². The van der Waals surface area contributed by atoms with Crippen molar-refractivity contribution in [2.24, 2.45) is 0 Å². The molecule has 7 nitrogen and oxygen atoms in total. The van der Waals surface area contributed by atoms with Crippen LogP contribution in [0, 0.1) is 0 Å². The highest BCUT2D eigenvalue weighted by Gasteiger charge is 2.52. The van der Waals surface area contributed by atoms with Crippen molar-refractivity contribution in [3.8, 4) is 11.5 Å². The van der Waals surface area contributed by atoms with Gasteiger partial charge in [0.1, 0.15) is 17.2 Å². The number of benzene rings is 3. The zero-order chi connectivity index (χ0) is 29.1. The van der Waals surface area contributed by atoms with Crippen LogP contribution in [0.4, 0.5) is 0 Å². The van der Waals surface area contributed by atoms with Gasteiger partial charge in [0.2, 0.25) is 0 Å². The van der Waals surface area contributed by atoms with E-state index >= 15 is 0 Å². The standard InChI is InChI=1S/C35H39N3O4/c1-41-29-17-11-12-25(20-29)23-38-33(39)32-21-26-18-19-30(42-2)22-31(26)37(32)24-35(38,27-13-7-6-8-14-27)34(40)36-28-15-9-4-3-5-10-16-28/h6-8,11-14,17-22,28H,3-5,9-10,15-16,23-24H2,1-2H3,(H,36,40). The maximum absolute atomic E-state index is 14.9. The molecule has 7 heteroatoms. The Morgan fingerprint density at radius 1 is 0.857 bits per heavy atom. The monoisotopic (exact) mass is 565 g/mol. The van der Waals surface area contributed by atoms with Gasteiger partial charge in [-0.1, -0.05) is 74.6 Å². The van der Waals surface area contributed by atoms with E-state index in [0.29, 0.717) is 17.2 Å². The lowest BCUT2D eigenvalue weighted by atomic mass is 9.83. The molecule has 4 aromatic rings. The normalized spacial score (nSPS) is 19.6. The van der Waals surface area contributed by atoms with Crippen molar-refractivity contribution < 1.29 is 19.1 Å². The van der Waals surface area contributed by atoms with E-state index in [2.05, 4.69) is 5.32 Å². The summed E-state index contributed by atoms with van der Waals surface area (Å²) >= 11 is 0. The van der Waals surface area contributed by atoms with Crippen molar-refractivity contribution in [2.75, 3.05) is 14.2 Å². The van der Waals surface area contributed by atoms with E-state index in [-0.39, 0.29) is 30.9 Å². The quantitative estimate of drug-likeness (QED) is 0.280. The largest absolute Gasteiger partial charge is 0.497 e. The maximum atomic E-state index is 14.9. The second-order valence-corrected chi connectivity index (χ2v) is 11.5. The summed E-state index contributed by atoms with van der Waals surface area (Å²) in [6, 6.07) is 25.3. The van der Waals surface area contributed by atoms with Crippen LogP contribution in [0.5, 0.6) is 11.5 Å². The third kappa shape index (κ3) is 5.13. The Balaban J connectivity index is 1.52. The van der Waals surface area contributed by atoms with Gasteiger partial charge in [0.25, 0.3) is 11.8 Å². The summed E-state index contributed by atoms with van der Waals surface area (Å²) < 4.78 is 13.0. The molecule has 1 aliphatic carbocycles. The first kappa shape index (κ1) is 27.9. The number of nitrogens with one attached hydrogen (secondary N) is 1. The van der Waals surface area contributed by atoms with Gasteiger partial charge in [-0.15, -0.1) is 0 Å². The predicted molar refractivity (Wildman–Crippen MR) is 164 cm³/mol. The van der Waals surface area contributed by atoms with Gasteiger partial charge in [-0.3, -0.25) is 9.59 Å². The van der Waals surface area contributed by atoms with Crippen LogP contribution in [-0.2, 0) is 23.4 Å². The number of hydrogen-bond acceptors (Lipinski definition) is 4. The maximum Gasteiger partial charge on any atom is 0.272 e. The minimum Gasteiger partial charge on any atom is -0.497 e. The van der Waals surface area contributed by atoms with Crippen molar-refractivity contribution in [1.29, 1.82) is 0 Å². The van der Waals surface area contributed by atoms with Gasteiger partial charge >= 0.3 is 0 Å². The number of rotatable bonds is 7. The van der Waals surface area contributed by atoms with Crippen molar-refractivity contribution in [3.63, 3.8) is 0 Å². The van der Waals surface area contributed by atoms with Gasteiger partial charge in [0, 0.05) is 24.0 Å². The van der Waals surface area contributed by atoms with Crippen molar-refractivity contribution in [1.82, 2.24) is 14.8 Å². The van der Waals surface area contributed by atoms with Crippen LogP contribution >= 0.6 is 0 Å². The summed E-state index contributed by atoms with van der Waals surface area (Å²) in [7, 11) is 3.27. The molecule has 0 spiro atoms. The fourth-order valence-corrected chi connectivity index (χ4v) is 6.69. The minimum atomic E-state index is -1.27. The van der Waals surface area contributed by atoms with Gasteiger partial charge < -0.3 is 24.3 Å². The van der Waals surface area contributed by atoms with E-state index in [4.69, 9.17) is 9.47 Å². The molecule has 0 radical (unpaired) electrons. The van der Waals surface area contributed by atoms with E-state index in [0.717, 1.165) is 47.7 Å². The highest BCUT2D eigenvalue weighted by atomic mass is 16.5. The number of aromatic nitrogens is 1. The fourth-order valence-electron chi connectivity index (χ4n) is 6.69. The molecule has 2 aliphatic rings. The van der Waals surface area contributed by atoms with Crippen LogP contribution in [0.15, 0.2) is 78.9 Å². The topological polar surface area (TPSA) is 72.8 Å². The molecular weight excluding hydrogens is 526 g/mol. The number of carbonyl (C=O) groups excluding carboxylic acids is 2. The predicted octanol–water partition coefficient (Wildman–Crippen LogP) is 6.44. The number of carbonyl (C=O) groups is 2. The Morgan fingerprint density at radius 2 is 1.57 bits per heavy atom. The Kier molecular flexibility index (Phi) is 7.92. The van der Waals surface area contributed by atoms with E-state index < -0.39 is 5.54 Å². The smallest absolute Gasteiger partial charge is 0.272 e. The third-order valence-corrected chi connectivity index (χ3v) is 8.97. The van der Waals surface area contributed by atoms with Crippen LogP contribution in [0.25, 0.3) is 10.9 Å². The van der Waals surface area contributed by atoms with Gasteiger partial charge in [-0.05, 0) is 54.3 Å². The second-order valence-electron chi connectivity index (χ2n) is 11.5. The van der Waals surface area contributed by atoms with Crippen LogP contribution in [-0.4, -0.2) is 41.5 Å². The number of methoxy groups -OCH3 is 2. The van der Waals surface area contributed by atoms with Gasteiger partial charge in [-0.25, -0.2) is 0 Å². The van der Waals surface area contributed by atoms with Crippen LogP contribution in [0.2, 0.25) is 0 Å². The van der Waals surface area contributed by atoms with Crippen molar-refractivity contribution in [2.45, 2.75) is 69.6 Å². The van der Waals surface area contributed by atoms with E-state index in [1.165, 1.54) is 19.3 Å². The summed E-state index contributed by atoms with van der Waals surface area (Å²) in [5.41, 5.74) is 1.85. The highest BCUT2D eigenvalue weighted by molar-refractivity contribution is 6.04. The zero-order valence-electron chi connectivity index (χ0n) is 24.5. The molecule has 1 N–H and O–H groups in total. The molecule has 1 saturated carbocycles. The number of hydrogen-bond donors (Lipinski definition) is 1. The number of amides is 2. The molecule has 1 aromatic heterocycles. The molecule has 1 unspecified atom stereocenters. The summed E-state index contributed by atoms with van der Waals surface area (Å²) in [4.78, 5) is 31.3. The van der Waals surface area contributed by atoms with E-state index in [9.17, 15) is 9.59 Å². The summed E-state index contributed by atoms with van der Waals surface area (Å²) in [5.74, 6) is 1.10. The van der Waals surface area contributed by atoms with E-state index in [1.807, 2.05) is 83.4 Å².